The standard InChI is InChI=1S/C13H20OSi/c1-3-15(14-2)12-8-7-11-13-9-5-4-6-10-13/h3-6,9-10,15H,1,7-8,11-12H2,2H3. The van der Waals surface area contributed by atoms with E-state index >= 15 is 0 Å². The number of rotatable bonds is 7. The first-order chi connectivity index (χ1) is 7.36. The van der Waals surface area contributed by atoms with Crippen LogP contribution in [-0.4, -0.2) is 16.2 Å². The number of hydrogen-bond donors (Lipinski definition) is 0. The van der Waals surface area contributed by atoms with Gasteiger partial charge in [0.05, 0.1) is 0 Å². The molecular formula is C13H20OSi. The molecule has 0 saturated carbocycles. The molecule has 1 atom stereocenters. The van der Waals surface area contributed by atoms with Crippen LogP contribution >= 0.6 is 0 Å². The number of unbranched alkanes of at least 4 members (excludes halogenated alkanes) is 1. The van der Waals surface area contributed by atoms with E-state index in [0.717, 1.165) is 0 Å². The van der Waals surface area contributed by atoms with Crippen molar-refractivity contribution in [2.24, 2.45) is 0 Å². The van der Waals surface area contributed by atoms with E-state index in [1.165, 1.54) is 30.9 Å². The van der Waals surface area contributed by atoms with E-state index in [-0.39, 0.29) is 0 Å². The molecule has 0 bridgehead atoms. The quantitative estimate of drug-likeness (QED) is 0.507. The fraction of sp³-hybridized carbons (Fsp3) is 0.385. The van der Waals surface area contributed by atoms with Gasteiger partial charge < -0.3 is 4.43 Å². The van der Waals surface area contributed by atoms with Gasteiger partial charge in [-0.2, -0.15) is 0 Å². The topological polar surface area (TPSA) is 9.23 Å². The summed E-state index contributed by atoms with van der Waals surface area (Å²) < 4.78 is 5.37. The van der Waals surface area contributed by atoms with Gasteiger partial charge in [-0.1, -0.05) is 42.5 Å². The second kappa shape index (κ2) is 7.43. The Labute approximate surface area is 94.5 Å². The molecule has 0 amide bonds. The Balaban J connectivity index is 2.14. The number of aryl methyl sites for hydroxylation is 1. The highest BCUT2D eigenvalue weighted by Crippen LogP contribution is 2.08. The molecule has 0 saturated heterocycles. The molecule has 15 heavy (non-hydrogen) atoms. The second-order valence-electron chi connectivity index (χ2n) is 3.74. The zero-order valence-electron chi connectivity index (χ0n) is 9.49. The van der Waals surface area contributed by atoms with E-state index < -0.39 is 9.04 Å². The highest BCUT2D eigenvalue weighted by atomic mass is 28.3. The molecule has 0 aromatic heterocycles. The molecule has 0 heterocycles. The lowest BCUT2D eigenvalue weighted by molar-refractivity contribution is 0.426. The lowest BCUT2D eigenvalue weighted by Crippen LogP contribution is -2.11. The van der Waals surface area contributed by atoms with Crippen LogP contribution in [0.25, 0.3) is 0 Å². The molecule has 0 spiro atoms. The van der Waals surface area contributed by atoms with Gasteiger partial charge >= 0.3 is 0 Å². The van der Waals surface area contributed by atoms with Gasteiger partial charge in [-0.15, -0.1) is 6.58 Å². The third-order valence-corrected chi connectivity index (χ3v) is 4.72. The summed E-state index contributed by atoms with van der Waals surface area (Å²) in [6, 6.07) is 11.9. The molecule has 0 aliphatic carbocycles. The van der Waals surface area contributed by atoms with Crippen LogP contribution in [0.3, 0.4) is 0 Å². The summed E-state index contributed by atoms with van der Waals surface area (Å²) in [6.45, 7) is 3.81. The van der Waals surface area contributed by atoms with Gasteiger partial charge in [0.1, 0.15) is 0 Å². The van der Waals surface area contributed by atoms with Gasteiger partial charge in [-0.05, 0) is 24.4 Å². The average molecular weight is 220 g/mol. The van der Waals surface area contributed by atoms with Crippen molar-refractivity contribution in [3.63, 3.8) is 0 Å². The normalized spacial score (nSPS) is 12.3. The minimum absolute atomic E-state index is 1.05. The zero-order valence-corrected chi connectivity index (χ0v) is 10.6. The van der Waals surface area contributed by atoms with Crippen molar-refractivity contribution in [3.05, 3.63) is 48.2 Å². The Hall–Kier alpha value is -0.863. The van der Waals surface area contributed by atoms with E-state index in [4.69, 9.17) is 4.43 Å². The molecule has 0 fully saturated rings. The largest absolute Gasteiger partial charge is 0.419 e. The minimum atomic E-state index is -1.05. The molecule has 2 heteroatoms. The minimum Gasteiger partial charge on any atom is -0.419 e. The predicted molar refractivity (Wildman–Crippen MR) is 68.5 cm³/mol. The van der Waals surface area contributed by atoms with Gasteiger partial charge in [-0.25, -0.2) is 0 Å². The lowest BCUT2D eigenvalue weighted by atomic mass is 10.1. The first kappa shape index (κ1) is 12.2. The lowest BCUT2D eigenvalue weighted by Gasteiger charge is -2.07. The third kappa shape index (κ3) is 4.95. The Kier molecular flexibility index (Phi) is 6.05. The molecule has 0 aliphatic heterocycles. The summed E-state index contributed by atoms with van der Waals surface area (Å²) in [7, 11) is 0.748. The molecule has 0 aliphatic rings. The van der Waals surface area contributed by atoms with Crippen molar-refractivity contribution in [1.82, 2.24) is 0 Å². The molecule has 1 nitrogen and oxygen atoms in total. The molecular weight excluding hydrogens is 200 g/mol. The van der Waals surface area contributed by atoms with Gasteiger partial charge in [0.2, 0.25) is 0 Å². The van der Waals surface area contributed by atoms with Gasteiger partial charge in [-0.3, -0.25) is 0 Å². The van der Waals surface area contributed by atoms with Gasteiger partial charge in [0.25, 0.3) is 0 Å². The summed E-state index contributed by atoms with van der Waals surface area (Å²) >= 11 is 0. The van der Waals surface area contributed by atoms with E-state index in [0.29, 0.717) is 0 Å². The Morgan fingerprint density at radius 2 is 2.00 bits per heavy atom. The maximum atomic E-state index is 5.37. The summed E-state index contributed by atoms with van der Waals surface area (Å²) in [4.78, 5) is 0. The molecule has 1 aromatic rings. The number of hydrogen-bond acceptors (Lipinski definition) is 1. The van der Waals surface area contributed by atoms with Crippen molar-refractivity contribution in [1.29, 1.82) is 0 Å². The second-order valence-corrected chi connectivity index (χ2v) is 6.34. The smallest absolute Gasteiger partial charge is 0.200 e. The Bertz CT molecular complexity index is 271. The van der Waals surface area contributed by atoms with E-state index in [1.54, 1.807) is 7.11 Å². The van der Waals surface area contributed by atoms with Crippen molar-refractivity contribution in [3.8, 4) is 0 Å². The molecule has 0 radical (unpaired) electrons. The molecule has 1 unspecified atom stereocenters. The summed E-state index contributed by atoms with van der Waals surface area (Å²) in [6.07, 6.45) is 3.69. The number of benzene rings is 1. The maximum Gasteiger partial charge on any atom is 0.200 e. The molecule has 0 N–H and O–H groups in total. The van der Waals surface area contributed by atoms with Crippen LogP contribution in [0.15, 0.2) is 42.6 Å². The zero-order chi connectivity index (χ0) is 10.9. The monoisotopic (exact) mass is 220 g/mol. The maximum absolute atomic E-state index is 5.37. The molecule has 1 aromatic carbocycles. The highest BCUT2D eigenvalue weighted by Gasteiger charge is 2.03. The van der Waals surface area contributed by atoms with Crippen LogP contribution in [-0.2, 0) is 10.8 Å². The van der Waals surface area contributed by atoms with E-state index in [9.17, 15) is 0 Å². The van der Waals surface area contributed by atoms with Crippen LogP contribution in [0, 0.1) is 0 Å². The predicted octanol–water partition coefficient (Wildman–Crippen LogP) is 3.10. The van der Waals surface area contributed by atoms with Gasteiger partial charge in [0.15, 0.2) is 9.04 Å². The Morgan fingerprint density at radius 1 is 1.27 bits per heavy atom. The van der Waals surface area contributed by atoms with Crippen LogP contribution in [0.1, 0.15) is 18.4 Å². The fourth-order valence-corrected chi connectivity index (χ4v) is 3.01. The van der Waals surface area contributed by atoms with Crippen LogP contribution in [0.5, 0.6) is 0 Å². The summed E-state index contributed by atoms with van der Waals surface area (Å²) in [5.74, 6) is 0. The SMILES string of the molecule is C=C[SiH](CCCCc1ccccc1)OC. The summed E-state index contributed by atoms with van der Waals surface area (Å²) in [5, 5.41) is 0. The molecule has 1 rings (SSSR count). The molecule has 82 valence electrons. The van der Waals surface area contributed by atoms with Crippen molar-refractivity contribution >= 4 is 9.04 Å². The third-order valence-electron chi connectivity index (χ3n) is 2.61. The highest BCUT2D eigenvalue weighted by molar-refractivity contribution is 6.57. The van der Waals surface area contributed by atoms with Crippen LogP contribution in [0.4, 0.5) is 0 Å². The van der Waals surface area contributed by atoms with Crippen LogP contribution in [0.2, 0.25) is 6.04 Å². The van der Waals surface area contributed by atoms with Crippen molar-refractivity contribution in [2.75, 3.05) is 7.11 Å². The first-order valence-electron chi connectivity index (χ1n) is 5.56. The van der Waals surface area contributed by atoms with Crippen molar-refractivity contribution < 1.29 is 4.43 Å². The van der Waals surface area contributed by atoms with E-state index in [2.05, 4.69) is 36.9 Å². The fourth-order valence-electron chi connectivity index (χ4n) is 1.65. The van der Waals surface area contributed by atoms with Crippen LogP contribution < -0.4 is 0 Å². The Morgan fingerprint density at radius 3 is 2.60 bits per heavy atom. The average Bonchev–Trinajstić information content (AvgIpc) is 2.31. The van der Waals surface area contributed by atoms with E-state index in [1.807, 2.05) is 5.70 Å². The first-order valence-corrected chi connectivity index (χ1v) is 7.51. The van der Waals surface area contributed by atoms with Gasteiger partial charge in [0, 0.05) is 7.11 Å². The van der Waals surface area contributed by atoms with Crippen molar-refractivity contribution in [2.45, 2.75) is 25.3 Å². The summed E-state index contributed by atoms with van der Waals surface area (Å²) in [5.41, 5.74) is 3.45.